The number of carbonyl (C=O) groups excluding carboxylic acids is 1. The van der Waals surface area contributed by atoms with Gasteiger partial charge in [0.05, 0.1) is 12.1 Å². The Morgan fingerprint density at radius 3 is 2.41 bits per heavy atom. The van der Waals surface area contributed by atoms with Gasteiger partial charge in [-0.25, -0.2) is 9.59 Å². The van der Waals surface area contributed by atoms with Crippen molar-refractivity contribution in [3.8, 4) is 0 Å². The molecule has 1 saturated carbocycles. The molecule has 1 aromatic carbocycles. The number of carboxylic acid groups (broad SMARTS) is 1. The van der Waals surface area contributed by atoms with E-state index in [2.05, 4.69) is 33.9 Å². The van der Waals surface area contributed by atoms with Gasteiger partial charge in [0.25, 0.3) is 0 Å². The van der Waals surface area contributed by atoms with Gasteiger partial charge in [-0.3, -0.25) is 4.90 Å². The first kappa shape index (κ1) is 19.9. The number of hydrogen-bond donors (Lipinski definition) is 1. The highest BCUT2D eigenvalue weighted by Crippen LogP contribution is 2.51. The third kappa shape index (κ3) is 3.62. The van der Waals surface area contributed by atoms with Crippen molar-refractivity contribution >= 4 is 20.4 Å². The zero-order chi connectivity index (χ0) is 20.0. The monoisotopic (exact) mass is 391 g/mol. The van der Waals surface area contributed by atoms with E-state index in [1.165, 1.54) is 4.90 Å². The number of fused-ring (bicyclic) bond motifs is 1. The average molecular weight is 392 g/mol. The van der Waals surface area contributed by atoms with Crippen LogP contribution in [0.15, 0.2) is 30.3 Å². The summed E-state index contributed by atoms with van der Waals surface area (Å²) in [7, 11) is -2.05. The van der Waals surface area contributed by atoms with E-state index in [1.807, 2.05) is 30.3 Å². The third-order valence-electron chi connectivity index (χ3n) is 6.28. The molecule has 0 spiro atoms. The molecular formula is C20H29NO5Si. The Morgan fingerprint density at radius 2 is 1.85 bits per heavy atom. The fourth-order valence-electron chi connectivity index (χ4n) is 3.66. The lowest BCUT2D eigenvalue weighted by Crippen LogP contribution is -2.54. The number of rotatable bonds is 5. The molecular weight excluding hydrogens is 362 g/mol. The van der Waals surface area contributed by atoms with Crippen molar-refractivity contribution < 1.29 is 23.9 Å². The van der Waals surface area contributed by atoms with Crippen molar-refractivity contribution in [3.63, 3.8) is 0 Å². The highest BCUT2D eigenvalue weighted by molar-refractivity contribution is 6.74. The molecule has 3 aliphatic rings. The number of ether oxygens (including phenoxy) is 1. The quantitative estimate of drug-likeness (QED) is 0.771. The maximum atomic E-state index is 12.7. The van der Waals surface area contributed by atoms with Crippen molar-refractivity contribution in [2.24, 2.45) is 5.92 Å². The minimum Gasteiger partial charge on any atom is -0.480 e. The fourth-order valence-corrected chi connectivity index (χ4v) is 5.02. The zero-order valence-corrected chi connectivity index (χ0v) is 17.6. The van der Waals surface area contributed by atoms with E-state index in [9.17, 15) is 14.7 Å². The molecule has 0 aromatic heterocycles. The number of hydrogen-bond acceptors (Lipinski definition) is 4. The van der Waals surface area contributed by atoms with Gasteiger partial charge in [-0.2, -0.15) is 0 Å². The number of benzene rings is 1. The van der Waals surface area contributed by atoms with E-state index in [4.69, 9.17) is 9.16 Å². The molecule has 0 unspecified atom stereocenters. The van der Waals surface area contributed by atoms with E-state index in [0.717, 1.165) is 5.56 Å². The van der Waals surface area contributed by atoms with Gasteiger partial charge in [0.15, 0.2) is 8.32 Å². The maximum Gasteiger partial charge on any atom is 0.411 e. The Labute approximate surface area is 161 Å². The van der Waals surface area contributed by atoms with E-state index < -0.39 is 26.4 Å². The molecule has 2 heterocycles. The van der Waals surface area contributed by atoms with Crippen molar-refractivity contribution in [2.45, 2.75) is 70.1 Å². The number of carbonyl (C=O) groups is 2. The summed E-state index contributed by atoms with van der Waals surface area (Å²) in [5.41, 5.74) is 0.873. The summed E-state index contributed by atoms with van der Waals surface area (Å²) in [5, 5.41) is 9.72. The lowest BCUT2D eigenvalue weighted by molar-refractivity contribution is -0.142. The molecule has 148 valence electrons. The normalized spacial score (nSPS) is 27.2. The van der Waals surface area contributed by atoms with Gasteiger partial charge in [0, 0.05) is 5.92 Å². The summed E-state index contributed by atoms with van der Waals surface area (Å²) in [5.74, 6) is -1.15. The van der Waals surface area contributed by atoms with Crippen LogP contribution in [0.5, 0.6) is 0 Å². The molecule has 1 N–H and O–H groups in total. The molecule has 4 rings (SSSR count). The van der Waals surface area contributed by atoms with Gasteiger partial charge >= 0.3 is 12.1 Å². The topological polar surface area (TPSA) is 76.1 Å². The molecule has 1 aromatic rings. The second-order valence-electron chi connectivity index (χ2n) is 9.04. The summed E-state index contributed by atoms with van der Waals surface area (Å²) in [6, 6.07) is 8.30. The molecule has 27 heavy (non-hydrogen) atoms. The van der Waals surface area contributed by atoms with Crippen LogP contribution in [-0.4, -0.2) is 48.6 Å². The van der Waals surface area contributed by atoms with Crippen LogP contribution in [0.4, 0.5) is 4.79 Å². The molecule has 2 bridgehead atoms. The fraction of sp³-hybridized carbons (Fsp3) is 0.600. The Bertz CT molecular complexity index is 715. The Morgan fingerprint density at radius 1 is 1.22 bits per heavy atom. The van der Waals surface area contributed by atoms with Gasteiger partial charge in [0.1, 0.15) is 12.6 Å². The lowest BCUT2D eigenvalue weighted by Gasteiger charge is -2.45. The molecule has 6 nitrogen and oxygen atoms in total. The molecule has 2 aliphatic heterocycles. The van der Waals surface area contributed by atoms with Crippen LogP contribution in [0, 0.1) is 5.92 Å². The lowest BCUT2D eigenvalue weighted by atomic mass is 9.79. The Kier molecular flexibility index (Phi) is 5.11. The van der Waals surface area contributed by atoms with Gasteiger partial charge in [-0.05, 0) is 30.1 Å². The molecule has 1 amide bonds. The van der Waals surface area contributed by atoms with Gasteiger partial charge in [-0.1, -0.05) is 51.1 Å². The highest BCUT2D eigenvalue weighted by Gasteiger charge is 2.65. The van der Waals surface area contributed by atoms with E-state index in [-0.39, 0.29) is 29.7 Å². The molecule has 2 saturated heterocycles. The maximum absolute atomic E-state index is 12.7. The predicted octanol–water partition coefficient (Wildman–Crippen LogP) is 3.87. The first-order valence-corrected chi connectivity index (χ1v) is 12.3. The molecule has 0 radical (unpaired) electrons. The predicted molar refractivity (Wildman–Crippen MR) is 104 cm³/mol. The van der Waals surface area contributed by atoms with Crippen LogP contribution >= 0.6 is 0 Å². The van der Waals surface area contributed by atoms with E-state index in [0.29, 0.717) is 6.42 Å². The molecule has 3 fully saturated rings. The van der Waals surface area contributed by atoms with Crippen LogP contribution in [-0.2, 0) is 20.6 Å². The summed E-state index contributed by atoms with van der Waals surface area (Å²) >= 11 is 0. The number of aliphatic carboxylic acids is 1. The summed E-state index contributed by atoms with van der Waals surface area (Å²) in [6.07, 6.45) is -0.118. The third-order valence-corrected chi connectivity index (χ3v) is 10.8. The minimum absolute atomic E-state index is 0.0272. The molecule has 4 atom stereocenters. The van der Waals surface area contributed by atoms with Crippen LogP contribution in [0.2, 0.25) is 18.1 Å². The van der Waals surface area contributed by atoms with Crippen LogP contribution < -0.4 is 0 Å². The van der Waals surface area contributed by atoms with Gasteiger partial charge in [0.2, 0.25) is 0 Å². The van der Waals surface area contributed by atoms with Crippen LogP contribution in [0.25, 0.3) is 0 Å². The number of carboxylic acids is 1. The van der Waals surface area contributed by atoms with Crippen molar-refractivity contribution in [3.05, 3.63) is 35.9 Å². The van der Waals surface area contributed by atoms with Crippen LogP contribution in [0.3, 0.4) is 0 Å². The summed E-state index contributed by atoms with van der Waals surface area (Å²) in [4.78, 5) is 25.9. The van der Waals surface area contributed by atoms with E-state index >= 15 is 0 Å². The first-order valence-electron chi connectivity index (χ1n) is 9.42. The summed E-state index contributed by atoms with van der Waals surface area (Å²) < 4.78 is 11.9. The minimum atomic E-state index is -2.05. The van der Waals surface area contributed by atoms with Gasteiger partial charge < -0.3 is 14.3 Å². The largest absolute Gasteiger partial charge is 0.480 e. The zero-order valence-electron chi connectivity index (χ0n) is 16.6. The summed E-state index contributed by atoms with van der Waals surface area (Å²) in [6.45, 7) is 10.9. The van der Waals surface area contributed by atoms with Gasteiger partial charge in [-0.15, -0.1) is 0 Å². The second kappa shape index (κ2) is 6.94. The first-order chi connectivity index (χ1) is 12.5. The number of nitrogens with zero attached hydrogens (tertiary/aromatic N) is 1. The van der Waals surface area contributed by atoms with E-state index in [1.54, 1.807) is 0 Å². The number of amides is 1. The van der Waals surface area contributed by atoms with Crippen LogP contribution in [0.1, 0.15) is 32.8 Å². The van der Waals surface area contributed by atoms with Crippen molar-refractivity contribution in [1.29, 1.82) is 0 Å². The van der Waals surface area contributed by atoms with Crippen molar-refractivity contribution in [1.82, 2.24) is 4.90 Å². The van der Waals surface area contributed by atoms with Crippen molar-refractivity contribution in [2.75, 3.05) is 0 Å². The Hall–Kier alpha value is -1.86. The second-order valence-corrected chi connectivity index (χ2v) is 13.8. The highest BCUT2D eigenvalue weighted by atomic mass is 28.4. The standard InChI is InChI=1S/C20H29NO5Si/c1-20(2,3)27(4,5)26-17-14-11-15(17)21(16(14)18(22)23)19(24)25-12-13-9-7-6-8-10-13/h6-10,14-17H,11-12H2,1-5H3,(H,22,23)/t14-,15-,16-,17-/m1/s1. The molecule has 7 heteroatoms. The average Bonchev–Trinajstić information content (AvgIpc) is 3.12. The SMILES string of the molecule is CC(C)(C)[Si](C)(C)O[C@@H]1[C@@H]2C[C@H]1N(C(=O)OCc1ccccc1)[C@H]2C(=O)O. The molecule has 1 aliphatic carbocycles. The Balaban J connectivity index is 1.71. The smallest absolute Gasteiger partial charge is 0.411 e.